The number of rotatable bonds is 11. The third kappa shape index (κ3) is 7.10. The van der Waals surface area contributed by atoms with E-state index in [0.29, 0.717) is 49.3 Å². The normalized spacial score (nSPS) is 22.3. The molecule has 7 rings (SSSR count). The number of hydrogen-bond acceptors (Lipinski definition) is 9. The van der Waals surface area contributed by atoms with Crippen LogP contribution in [0, 0.1) is 5.92 Å². The molecule has 276 valence electrons. The van der Waals surface area contributed by atoms with Crippen molar-refractivity contribution in [2.75, 3.05) is 17.2 Å². The van der Waals surface area contributed by atoms with Crippen molar-refractivity contribution in [2.24, 2.45) is 5.92 Å². The Morgan fingerprint density at radius 1 is 0.943 bits per heavy atom. The van der Waals surface area contributed by atoms with E-state index in [1.807, 2.05) is 36.4 Å². The lowest BCUT2D eigenvalue weighted by atomic mass is 9.78. The molecule has 1 saturated carbocycles. The largest absolute Gasteiger partial charge is 0.480 e. The highest BCUT2D eigenvalue weighted by atomic mass is 32.2. The van der Waals surface area contributed by atoms with E-state index in [4.69, 9.17) is 0 Å². The molecule has 14 heteroatoms. The average Bonchev–Trinajstić information content (AvgIpc) is 3.80. The van der Waals surface area contributed by atoms with E-state index in [-0.39, 0.29) is 42.0 Å². The third-order valence-electron chi connectivity index (χ3n) is 10.9. The molecule has 2 aromatic carbocycles. The second-order valence-corrected chi connectivity index (χ2v) is 17.4. The fourth-order valence-electron chi connectivity index (χ4n) is 8.13. The van der Waals surface area contributed by atoms with E-state index < -0.39 is 43.2 Å². The van der Waals surface area contributed by atoms with E-state index >= 15 is 0 Å². The van der Waals surface area contributed by atoms with Crippen molar-refractivity contribution in [1.82, 2.24) is 10.3 Å². The van der Waals surface area contributed by atoms with Gasteiger partial charge in [-0.05, 0) is 123 Å². The van der Waals surface area contributed by atoms with Crippen molar-refractivity contribution < 1.29 is 37.8 Å². The summed E-state index contributed by atoms with van der Waals surface area (Å²) in [6.45, 7) is 0.709. The summed E-state index contributed by atoms with van der Waals surface area (Å²) in [5.74, 6) is -3.88. The first kappa shape index (κ1) is 36.4. The highest BCUT2D eigenvalue weighted by molar-refractivity contribution is 7.93. The first-order valence-corrected chi connectivity index (χ1v) is 20.1. The Labute approximate surface area is 311 Å². The number of carbonyl (C=O) groups is 4. The standard InChI is InChI=1S/C39H40N4O8S2/c44-35(42-26-14-11-23(12-15-26)10-13-24-5-1-2-6-27(24)37(46)47)28-7-3-8-31-29(28)21-33(52-31)43-36(45)34-32(9-4-19-41-34)53(50,51)39(38(48)49)18-16-30-25(22-39)17-20-40-30/h1-2,4-6,9,11-12,14-15,19,21,25,28,30,40H,3,7-8,10,13,16-18,20,22H2,(H,42,44)(H,43,45)(H,46,47)(H,48,49). The van der Waals surface area contributed by atoms with Gasteiger partial charge in [0.25, 0.3) is 5.91 Å². The zero-order valence-corrected chi connectivity index (χ0v) is 30.5. The molecule has 1 aliphatic heterocycles. The van der Waals surface area contributed by atoms with Crippen molar-refractivity contribution >= 4 is 55.6 Å². The number of carboxylic acids is 2. The zero-order chi connectivity index (χ0) is 37.3. The maximum absolute atomic E-state index is 14.2. The Morgan fingerprint density at radius 3 is 2.51 bits per heavy atom. The minimum atomic E-state index is -4.53. The van der Waals surface area contributed by atoms with Crippen LogP contribution in [-0.4, -0.2) is 64.7 Å². The van der Waals surface area contributed by atoms with E-state index in [2.05, 4.69) is 20.9 Å². The molecular formula is C39H40N4O8S2. The molecule has 2 aromatic heterocycles. The predicted octanol–water partition coefficient (Wildman–Crippen LogP) is 5.70. The number of thiophene rings is 1. The third-order valence-corrected chi connectivity index (χ3v) is 14.5. The molecule has 4 unspecified atom stereocenters. The van der Waals surface area contributed by atoms with Crippen LogP contribution in [0.25, 0.3) is 0 Å². The fraction of sp³-hybridized carbons (Fsp3) is 0.359. The van der Waals surface area contributed by atoms with Crippen molar-refractivity contribution in [3.05, 3.63) is 106 Å². The van der Waals surface area contributed by atoms with Crippen LogP contribution in [0.4, 0.5) is 10.7 Å². The van der Waals surface area contributed by atoms with Crippen LogP contribution in [0.1, 0.15) is 86.9 Å². The second-order valence-electron chi connectivity index (χ2n) is 14.0. The van der Waals surface area contributed by atoms with Gasteiger partial charge in [-0.1, -0.05) is 30.3 Å². The molecule has 0 bridgehead atoms. The quantitative estimate of drug-likeness (QED) is 0.127. The van der Waals surface area contributed by atoms with Gasteiger partial charge in [-0.15, -0.1) is 11.3 Å². The number of aromatic carboxylic acids is 1. The van der Waals surface area contributed by atoms with Crippen LogP contribution >= 0.6 is 11.3 Å². The Morgan fingerprint density at radius 2 is 1.74 bits per heavy atom. The van der Waals surface area contributed by atoms with Gasteiger partial charge in [0.1, 0.15) is 5.69 Å². The SMILES string of the molecule is O=C(O)c1ccccc1CCc1ccc(NC(=O)C2CCCc3sc(NC(=O)c4ncccc4S(=O)(=O)C4(C(=O)O)CCC5NCCC5C4)cc32)cc1. The number of carbonyl (C=O) groups excluding carboxylic acids is 2. The van der Waals surface area contributed by atoms with E-state index in [9.17, 15) is 37.8 Å². The number of nitrogens with zero attached hydrogens (tertiary/aromatic N) is 1. The number of anilines is 2. The molecule has 12 nitrogen and oxygen atoms in total. The van der Waals surface area contributed by atoms with Gasteiger partial charge in [0.15, 0.2) is 14.6 Å². The Balaban J connectivity index is 1.04. The lowest BCUT2D eigenvalue weighted by Gasteiger charge is -2.38. The molecule has 4 atom stereocenters. The van der Waals surface area contributed by atoms with Gasteiger partial charge < -0.3 is 26.2 Å². The first-order valence-electron chi connectivity index (χ1n) is 17.8. The van der Waals surface area contributed by atoms with Gasteiger partial charge in [0, 0.05) is 22.8 Å². The maximum atomic E-state index is 14.2. The van der Waals surface area contributed by atoms with Crippen molar-refractivity contribution in [3.8, 4) is 0 Å². The number of nitrogens with one attached hydrogen (secondary N) is 3. The maximum Gasteiger partial charge on any atom is 0.335 e. The zero-order valence-electron chi connectivity index (χ0n) is 28.8. The number of sulfone groups is 1. The number of fused-ring (bicyclic) bond motifs is 2. The Kier molecular flexibility index (Phi) is 10.2. The minimum absolute atomic E-state index is 0.0346. The van der Waals surface area contributed by atoms with Gasteiger partial charge >= 0.3 is 11.9 Å². The summed E-state index contributed by atoms with van der Waals surface area (Å²) in [4.78, 5) is 56.2. The summed E-state index contributed by atoms with van der Waals surface area (Å²) in [6, 6.07) is 18.9. The molecule has 2 amide bonds. The van der Waals surface area contributed by atoms with Gasteiger partial charge in [-0.3, -0.25) is 14.4 Å². The van der Waals surface area contributed by atoms with E-state index in [1.54, 1.807) is 18.2 Å². The molecule has 3 aliphatic rings. The highest BCUT2D eigenvalue weighted by Crippen LogP contribution is 2.45. The van der Waals surface area contributed by atoms with Gasteiger partial charge in [-0.2, -0.15) is 0 Å². The minimum Gasteiger partial charge on any atom is -0.480 e. The van der Waals surface area contributed by atoms with Crippen LogP contribution in [0.15, 0.2) is 77.8 Å². The number of aromatic nitrogens is 1. The highest BCUT2D eigenvalue weighted by Gasteiger charge is 2.57. The monoisotopic (exact) mass is 756 g/mol. The van der Waals surface area contributed by atoms with E-state index in [0.717, 1.165) is 34.4 Å². The molecular weight excluding hydrogens is 717 g/mol. The van der Waals surface area contributed by atoms with Crippen LogP contribution in [0.2, 0.25) is 0 Å². The van der Waals surface area contributed by atoms with Gasteiger partial charge in [0.05, 0.1) is 21.4 Å². The van der Waals surface area contributed by atoms with Crippen molar-refractivity contribution in [3.63, 3.8) is 0 Å². The first-order chi connectivity index (χ1) is 25.5. The molecule has 2 aliphatic carbocycles. The van der Waals surface area contributed by atoms with Crippen LogP contribution in [0.3, 0.4) is 0 Å². The number of carboxylic acid groups (broad SMARTS) is 2. The Bertz CT molecular complexity index is 2180. The van der Waals surface area contributed by atoms with Crippen molar-refractivity contribution in [1.29, 1.82) is 0 Å². The van der Waals surface area contributed by atoms with Crippen LogP contribution < -0.4 is 16.0 Å². The summed E-state index contributed by atoms with van der Waals surface area (Å²) >= 11 is 1.32. The number of amides is 2. The molecule has 1 saturated heterocycles. The van der Waals surface area contributed by atoms with Gasteiger partial charge in [-0.25, -0.2) is 18.2 Å². The van der Waals surface area contributed by atoms with Crippen LogP contribution in [0.5, 0.6) is 0 Å². The topological polar surface area (TPSA) is 192 Å². The van der Waals surface area contributed by atoms with Gasteiger partial charge in [0.2, 0.25) is 5.91 Å². The molecule has 3 heterocycles. The average molecular weight is 757 g/mol. The van der Waals surface area contributed by atoms with Crippen LogP contribution in [-0.2, 0) is 38.7 Å². The number of aliphatic carboxylic acids is 1. The molecule has 2 fully saturated rings. The second kappa shape index (κ2) is 14.8. The summed E-state index contributed by atoms with van der Waals surface area (Å²) in [6.07, 6.45) is 5.62. The molecule has 5 N–H and O–H groups in total. The molecule has 0 radical (unpaired) electrons. The molecule has 4 aromatic rings. The number of benzene rings is 2. The van der Waals surface area contributed by atoms with Crippen molar-refractivity contribution in [2.45, 2.75) is 79.4 Å². The summed E-state index contributed by atoms with van der Waals surface area (Å²) in [7, 11) is -4.53. The Hall–Kier alpha value is -4.92. The molecule has 0 spiro atoms. The summed E-state index contributed by atoms with van der Waals surface area (Å²) < 4.78 is 26.4. The number of hydrogen-bond donors (Lipinski definition) is 5. The fourth-order valence-corrected chi connectivity index (χ4v) is 11.4. The molecule has 53 heavy (non-hydrogen) atoms. The summed E-state index contributed by atoms with van der Waals surface area (Å²) in [5, 5.41) is 29.4. The smallest absolute Gasteiger partial charge is 0.335 e. The lowest BCUT2D eigenvalue weighted by Crippen LogP contribution is -2.53. The summed E-state index contributed by atoms with van der Waals surface area (Å²) in [5.41, 5.74) is 3.10. The number of pyridine rings is 1. The lowest BCUT2D eigenvalue weighted by molar-refractivity contribution is -0.141. The predicted molar refractivity (Wildman–Crippen MR) is 199 cm³/mol. The van der Waals surface area contributed by atoms with E-state index in [1.165, 1.54) is 29.7 Å². The number of aryl methyl sites for hydroxylation is 3.